The molecule has 0 aliphatic carbocycles. The number of pyridine rings is 1. The van der Waals surface area contributed by atoms with Crippen LogP contribution in [0.3, 0.4) is 0 Å². The fraction of sp³-hybridized carbons (Fsp3) is 0.182. The van der Waals surface area contributed by atoms with Gasteiger partial charge in [-0.25, -0.2) is 4.98 Å². The Balaban J connectivity index is 2.86. The fourth-order valence-corrected chi connectivity index (χ4v) is 1.89. The molecular weight excluding hydrogens is 226 g/mol. The minimum Gasteiger partial charge on any atom is -0.241 e. The second-order valence-electron chi connectivity index (χ2n) is 3.28. The summed E-state index contributed by atoms with van der Waals surface area (Å²) in [5, 5.41) is 1.23. The van der Waals surface area contributed by atoms with Crippen LogP contribution in [0.15, 0.2) is 28.9 Å². The van der Waals surface area contributed by atoms with Crippen LogP contribution in [0.25, 0.3) is 10.9 Å². The van der Waals surface area contributed by atoms with E-state index in [9.17, 15) is 0 Å². The number of halogens is 1. The lowest BCUT2D eigenvalue weighted by Crippen LogP contribution is -1.85. The Hall–Kier alpha value is -0.890. The number of fused-ring (bicyclic) bond motifs is 1. The van der Waals surface area contributed by atoms with E-state index >= 15 is 0 Å². The zero-order valence-electron chi connectivity index (χ0n) is 7.63. The molecule has 0 saturated heterocycles. The molecule has 1 aromatic carbocycles. The SMILES string of the molecule is Cc1cc(C)c2ccc(Br)nc2c1. The van der Waals surface area contributed by atoms with E-state index in [0.29, 0.717) is 0 Å². The van der Waals surface area contributed by atoms with Gasteiger partial charge in [0.2, 0.25) is 0 Å². The van der Waals surface area contributed by atoms with Crippen LogP contribution in [0.5, 0.6) is 0 Å². The van der Waals surface area contributed by atoms with Gasteiger partial charge in [-0.2, -0.15) is 0 Å². The van der Waals surface area contributed by atoms with Gasteiger partial charge in [-0.15, -0.1) is 0 Å². The molecule has 2 heteroatoms. The maximum absolute atomic E-state index is 4.41. The van der Waals surface area contributed by atoms with Gasteiger partial charge in [-0.05, 0) is 59.1 Å². The predicted octanol–water partition coefficient (Wildman–Crippen LogP) is 3.61. The molecule has 0 amide bonds. The molecule has 66 valence electrons. The second-order valence-corrected chi connectivity index (χ2v) is 4.09. The second kappa shape index (κ2) is 3.11. The van der Waals surface area contributed by atoms with Gasteiger partial charge in [0.25, 0.3) is 0 Å². The number of aromatic nitrogens is 1. The molecule has 2 rings (SSSR count). The van der Waals surface area contributed by atoms with Crippen LogP contribution in [0.1, 0.15) is 11.1 Å². The number of hydrogen-bond donors (Lipinski definition) is 0. The Morgan fingerprint density at radius 3 is 2.69 bits per heavy atom. The minimum atomic E-state index is 0.894. The molecule has 1 nitrogen and oxygen atoms in total. The molecule has 13 heavy (non-hydrogen) atoms. The highest BCUT2D eigenvalue weighted by Gasteiger charge is 1.99. The van der Waals surface area contributed by atoms with Crippen LogP contribution in [-0.2, 0) is 0 Å². The number of nitrogens with zero attached hydrogens (tertiary/aromatic N) is 1. The van der Waals surface area contributed by atoms with Crippen LogP contribution >= 0.6 is 15.9 Å². The molecule has 0 N–H and O–H groups in total. The zero-order valence-corrected chi connectivity index (χ0v) is 9.22. The number of benzene rings is 1. The summed E-state index contributed by atoms with van der Waals surface area (Å²) in [6.45, 7) is 4.21. The van der Waals surface area contributed by atoms with E-state index in [0.717, 1.165) is 10.1 Å². The van der Waals surface area contributed by atoms with Crippen LogP contribution in [0, 0.1) is 13.8 Å². The van der Waals surface area contributed by atoms with Crippen molar-refractivity contribution in [3.05, 3.63) is 40.0 Å². The van der Waals surface area contributed by atoms with Crippen LogP contribution in [0.2, 0.25) is 0 Å². The van der Waals surface area contributed by atoms with Crippen molar-refractivity contribution >= 4 is 26.8 Å². The van der Waals surface area contributed by atoms with E-state index in [4.69, 9.17) is 0 Å². The monoisotopic (exact) mass is 235 g/mol. The maximum atomic E-state index is 4.41. The van der Waals surface area contributed by atoms with Crippen molar-refractivity contribution in [1.82, 2.24) is 4.98 Å². The average Bonchev–Trinajstić information content (AvgIpc) is 2.02. The molecule has 0 atom stereocenters. The Kier molecular flexibility index (Phi) is 2.08. The first-order valence-electron chi connectivity index (χ1n) is 4.20. The molecule has 0 unspecified atom stereocenters. The number of rotatable bonds is 0. The molecule has 0 radical (unpaired) electrons. The largest absolute Gasteiger partial charge is 0.241 e. The predicted molar refractivity (Wildman–Crippen MR) is 58.9 cm³/mol. The summed E-state index contributed by atoms with van der Waals surface area (Å²) < 4.78 is 0.894. The van der Waals surface area contributed by atoms with E-state index in [1.807, 2.05) is 6.07 Å². The van der Waals surface area contributed by atoms with Crippen molar-refractivity contribution in [2.75, 3.05) is 0 Å². The molecule has 0 aliphatic rings. The van der Waals surface area contributed by atoms with Crippen LogP contribution in [0.4, 0.5) is 0 Å². The standard InChI is InChI=1S/C11H10BrN/c1-7-5-8(2)9-3-4-11(12)13-10(9)6-7/h3-6H,1-2H3. The minimum absolute atomic E-state index is 0.894. The first kappa shape index (κ1) is 8.70. The average molecular weight is 236 g/mol. The van der Waals surface area contributed by atoms with Gasteiger partial charge >= 0.3 is 0 Å². The van der Waals surface area contributed by atoms with Gasteiger partial charge in [-0.1, -0.05) is 6.07 Å². The summed E-state index contributed by atoms with van der Waals surface area (Å²) in [6, 6.07) is 8.36. The molecule has 2 aromatic rings. The van der Waals surface area contributed by atoms with Crippen molar-refractivity contribution in [2.24, 2.45) is 0 Å². The topological polar surface area (TPSA) is 12.9 Å². The Bertz CT molecular complexity index is 458. The highest BCUT2D eigenvalue weighted by atomic mass is 79.9. The number of hydrogen-bond acceptors (Lipinski definition) is 1. The van der Waals surface area contributed by atoms with E-state index in [2.05, 4.69) is 53.0 Å². The maximum Gasteiger partial charge on any atom is 0.106 e. The first-order chi connectivity index (χ1) is 6.16. The normalized spacial score (nSPS) is 10.7. The highest BCUT2D eigenvalue weighted by Crippen LogP contribution is 2.20. The third kappa shape index (κ3) is 1.59. The molecule has 0 aliphatic heterocycles. The summed E-state index contributed by atoms with van der Waals surface area (Å²) in [5.74, 6) is 0. The summed E-state index contributed by atoms with van der Waals surface area (Å²) in [5.41, 5.74) is 3.61. The summed E-state index contributed by atoms with van der Waals surface area (Å²) in [7, 11) is 0. The van der Waals surface area contributed by atoms with E-state index in [1.165, 1.54) is 16.5 Å². The van der Waals surface area contributed by atoms with Gasteiger partial charge in [0.1, 0.15) is 4.60 Å². The summed E-state index contributed by atoms with van der Waals surface area (Å²) in [6.07, 6.45) is 0. The molecule has 0 saturated carbocycles. The van der Waals surface area contributed by atoms with Crippen molar-refractivity contribution in [3.63, 3.8) is 0 Å². The molecular formula is C11H10BrN. The zero-order chi connectivity index (χ0) is 9.42. The molecule has 1 heterocycles. The quantitative estimate of drug-likeness (QED) is 0.636. The molecule has 0 spiro atoms. The van der Waals surface area contributed by atoms with Gasteiger partial charge in [-0.3, -0.25) is 0 Å². The van der Waals surface area contributed by atoms with Gasteiger partial charge in [0, 0.05) is 5.39 Å². The Morgan fingerprint density at radius 1 is 1.15 bits per heavy atom. The lowest BCUT2D eigenvalue weighted by Gasteiger charge is -2.03. The molecule has 0 fully saturated rings. The lowest BCUT2D eigenvalue weighted by atomic mass is 10.1. The highest BCUT2D eigenvalue weighted by molar-refractivity contribution is 9.10. The van der Waals surface area contributed by atoms with Crippen molar-refractivity contribution in [1.29, 1.82) is 0 Å². The number of aryl methyl sites for hydroxylation is 2. The van der Waals surface area contributed by atoms with Gasteiger partial charge in [0.05, 0.1) is 5.52 Å². The van der Waals surface area contributed by atoms with Crippen molar-refractivity contribution < 1.29 is 0 Å². The van der Waals surface area contributed by atoms with Gasteiger partial charge < -0.3 is 0 Å². The molecule has 0 bridgehead atoms. The van der Waals surface area contributed by atoms with E-state index < -0.39 is 0 Å². The van der Waals surface area contributed by atoms with Gasteiger partial charge in [0.15, 0.2) is 0 Å². The van der Waals surface area contributed by atoms with Crippen molar-refractivity contribution in [3.8, 4) is 0 Å². The Morgan fingerprint density at radius 2 is 1.92 bits per heavy atom. The van der Waals surface area contributed by atoms with Crippen LogP contribution in [-0.4, -0.2) is 4.98 Å². The summed E-state index contributed by atoms with van der Waals surface area (Å²) >= 11 is 3.37. The summed E-state index contributed by atoms with van der Waals surface area (Å²) in [4.78, 5) is 4.41. The smallest absolute Gasteiger partial charge is 0.106 e. The Labute approximate surface area is 85.9 Å². The third-order valence-corrected chi connectivity index (χ3v) is 2.57. The van der Waals surface area contributed by atoms with Crippen molar-refractivity contribution in [2.45, 2.75) is 13.8 Å². The lowest BCUT2D eigenvalue weighted by molar-refractivity contribution is 1.32. The van der Waals surface area contributed by atoms with E-state index in [1.54, 1.807) is 0 Å². The first-order valence-corrected chi connectivity index (χ1v) is 4.99. The third-order valence-electron chi connectivity index (χ3n) is 2.12. The fourth-order valence-electron chi connectivity index (χ4n) is 1.57. The van der Waals surface area contributed by atoms with Crippen LogP contribution < -0.4 is 0 Å². The molecule has 1 aromatic heterocycles. The van der Waals surface area contributed by atoms with E-state index in [-0.39, 0.29) is 0 Å².